The normalized spacial score (nSPS) is 12.4. The molecule has 0 aliphatic rings. The van der Waals surface area contributed by atoms with Gasteiger partial charge >= 0.3 is 0 Å². The van der Waals surface area contributed by atoms with Gasteiger partial charge in [-0.05, 0) is 49.1 Å². The van der Waals surface area contributed by atoms with Gasteiger partial charge in [0.2, 0.25) is 5.91 Å². The smallest absolute Gasteiger partial charge is 0.223 e. The summed E-state index contributed by atoms with van der Waals surface area (Å²) in [6, 6.07) is 12.4. The van der Waals surface area contributed by atoms with E-state index in [0.29, 0.717) is 18.9 Å². The average molecular weight is 403 g/mol. The molecule has 2 aromatic rings. The summed E-state index contributed by atoms with van der Waals surface area (Å²) in [5.41, 5.74) is 2.33. The molecule has 1 aromatic carbocycles. The maximum absolute atomic E-state index is 13.0. The molecule has 154 valence electrons. The van der Waals surface area contributed by atoms with Crippen LogP contribution in [-0.2, 0) is 17.9 Å². The van der Waals surface area contributed by atoms with Crippen molar-refractivity contribution in [2.45, 2.75) is 78.9 Å². The summed E-state index contributed by atoms with van der Waals surface area (Å²) in [7, 11) is 0. The highest BCUT2D eigenvalue weighted by molar-refractivity contribution is 6.30. The van der Waals surface area contributed by atoms with E-state index in [9.17, 15) is 4.79 Å². The lowest BCUT2D eigenvalue weighted by Crippen LogP contribution is -2.41. The molecule has 2 rings (SSSR count). The molecule has 1 atom stereocenters. The highest BCUT2D eigenvalue weighted by Gasteiger charge is 2.23. The number of benzene rings is 1. The van der Waals surface area contributed by atoms with Gasteiger partial charge in [0, 0.05) is 35.9 Å². The zero-order chi connectivity index (χ0) is 20.5. The molecule has 0 N–H and O–H groups in total. The molecule has 3 nitrogen and oxygen atoms in total. The molecule has 0 aliphatic heterocycles. The summed E-state index contributed by atoms with van der Waals surface area (Å²) in [6.45, 7) is 10.2. The quantitative estimate of drug-likeness (QED) is 0.392. The van der Waals surface area contributed by atoms with E-state index >= 15 is 0 Å². The van der Waals surface area contributed by atoms with Crippen LogP contribution in [0.3, 0.4) is 0 Å². The van der Waals surface area contributed by atoms with Crippen molar-refractivity contribution in [2.75, 3.05) is 0 Å². The van der Waals surface area contributed by atoms with Gasteiger partial charge in [0.25, 0.3) is 0 Å². The minimum Gasteiger partial charge on any atom is -0.345 e. The van der Waals surface area contributed by atoms with Crippen LogP contribution in [0.2, 0.25) is 5.02 Å². The molecule has 4 heteroatoms. The summed E-state index contributed by atoms with van der Waals surface area (Å²) in [4.78, 5) is 15.1. The van der Waals surface area contributed by atoms with E-state index in [4.69, 9.17) is 11.6 Å². The molecule has 28 heavy (non-hydrogen) atoms. The van der Waals surface area contributed by atoms with Crippen molar-refractivity contribution >= 4 is 17.5 Å². The second-order valence-corrected chi connectivity index (χ2v) is 8.51. The number of nitrogens with zero attached hydrogens (tertiary/aromatic N) is 2. The first-order valence-electron chi connectivity index (χ1n) is 10.6. The van der Waals surface area contributed by atoms with Crippen LogP contribution in [0.25, 0.3) is 0 Å². The lowest BCUT2D eigenvalue weighted by Gasteiger charge is -2.32. The maximum atomic E-state index is 13.0. The molecule has 0 spiro atoms. The van der Waals surface area contributed by atoms with E-state index in [1.54, 1.807) is 0 Å². The van der Waals surface area contributed by atoms with E-state index in [1.807, 2.05) is 18.2 Å². The molecule has 1 heterocycles. The molecule has 1 aromatic heterocycles. The first-order valence-corrected chi connectivity index (χ1v) is 11.0. The van der Waals surface area contributed by atoms with Gasteiger partial charge in [-0.15, -0.1) is 0 Å². The number of halogens is 1. The number of rotatable bonds is 11. The Morgan fingerprint density at radius 3 is 2.57 bits per heavy atom. The van der Waals surface area contributed by atoms with Crippen LogP contribution in [0.5, 0.6) is 0 Å². The first-order chi connectivity index (χ1) is 13.4. The summed E-state index contributed by atoms with van der Waals surface area (Å²) in [6.07, 6.45) is 7.24. The van der Waals surface area contributed by atoms with E-state index in [1.165, 1.54) is 18.4 Å². The fourth-order valence-corrected chi connectivity index (χ4v) is 3.63. The first kappa shape index (κ1) is 22.5. The van der Waals surface area contributed by atoms with E-state index < -0.39 is 0 Å². The SMILES string of the molecule is CCCCCCC(=O)N(Cc1cccn1Cc1cccc(Cl)c1)C(C)C(C)C. The van der Waals surface area contributed by atoms with Crippen molar-refractivity contribution in [1.29, 1.82) is 0 Å². The van der Waals surface area contributed by atoms with Gasteiger partial charge in [0.15, 0.2) is 0 Å². The Morgan fingerprint density at radius 2 is 1.89 bits per heavy atom. The number of amides is 1. The number of carbonyl (C=O) groups is 1. The molecule has 1 amide bonds. The molecule has 0 saturated heterocycles. The van der Waals surface area contributed by atoms with Gasteiger partial charge in [0.1, 0.15) is 0 Å². The second kappa shape index (κ2) is 11.3. The van der Waals surface area contributed by atoms with Crippen molar-refractivity contribution in [2.24, 2.45) is 5.92 Å². The predicted octanol–water partition coefficient (Wildman–Crippen LogP) is 6.53. The van der Waals surface area contributed by atoms with Crippen molar-refractivity contribution in [3.8, 4) is 0 Å². The summed E-state index contributed by atoms with van der Waals surface area (Å²) in [5.74, 6) is 0.698. The average Bonchev–Trinajstić information content (AvgIpc) is 3.09. The molecule has 0 radical (unpaired) electrons. The predicted molar refractivity (Wildman–Crippen MR) is 119 cm³/mol. The largest absolute Gasteiger partial charge is 0.345 e. The zero-order valence-corrected chi connectivity index (χ0v) is 18.6. The highest BCUT2D eigenvalue weighted by atomic mass is 35.5. The van der Waals surface area contributed by atoms with E-state index in [0.717, 1.165) is 30.1 Å². The molecule has 1 unspecified atom stereocenters. The standard InChI is InChI=1S/C24H35ClN2O/c1-5-6-7-8-14-24(28)27(20(4)19(2)3)18-23-13-10-15-26(23)17-21-11-9-12-22(25)16-21/h9-13,15-16,19-20H,5-8,14,17-18H2,1-4H3. The lowest BCUT2D eigenvalue weighted by atomic mass is 10.0. The third kappa shape index (κ3) is 6.70. The highest BCUT2D eigenvalue weighted by Crippen LogP contribution is 2.19. The molecular formula is C24H35ClN2O. The monoisotopic (exact) mass is 402 g/mol. The van der Waals surface area contributed by atoms with E-state index in [2.05, 4.69) is 61.6 Å². The third-order valence-electron chi connectivity index (χ3n) is 5.52. The Hall–Kier alpha value is -1.74. The van der Waals surface area contributed by atoms with Crippen LogP contribution in [0.1, 0.15) is 71.1 Å². The van der Waals surface area contributed by atoms with Gasteiger partial charge in [-0.3, -0.25) is 4.79 Å². The topological polar surface area (TPSA) is 25.2 Å². The number of unbranched alkanes of at least 4 members (excludes halogenated alkanes) is 3. The molecule has 0 saturated carbocycles. The van der Waals surface area contributed by atoms with Crippen LogP contribution >= 0.6 is 11.6 Å². The molecule has 0 aliphatic carbocycles. The Balaban J connectivity index is 2.11. The molecule has 0 bridgehead atoms. The minimum absolute atomic E-state index is 0.216. The number of carbonyl (C=O) groups excluding carboxylic acids is 1. The van der Waals surface area contributed by atoms with Crippen LogP contribution in [0.4, 0.5) is 0 Å². The van der Waals surface area contributed by atoms with Crippen LogP contribution in [0.15, 0.2) is 42.6 Å². The Bertz CT molecular complexity index is 738. The number of hydrogen-bond donors (Lipinski definition) is 0. The van der Waals surface area contributed by atoms with Gasteiger partial charge < -0.3 is 9.47 Å². The van der Waals surface area contributed by atoms with Crippen molar-refractivity contribution in [1.82, 2.24) is 9.47 Å². The second-order valence-electron chi connectivity index (χ2n) is 8.07. The van der Waals surface area contributed by atoms with Crippen molar-refractivity contribution < 1.29 is 4.79 Å². The number of hydrogen-bond acceptors (Lipinski definition) is 1. The summed E-state index contributed by atoms with van der Waals surface area (Å²) in [5, 5.41) is 0.753. The van der Waals surface area contributed by atoms with Crippen LogP contribution in [-0.4, -0.2) is 21.4 Å². The minimum atomic E-state index is 0.216. The van der Waals surface area contributed by atoms with Crippen LogP contribution in [0, 0.1) is 5.92 Å². The van der Waals surface area contributed by atoms with Crippen molar-refractivity contribution in [3.05, 3.63) is 58.9 Å². The fraction of sp³-hybridized carbons (Fsp3) is 0.542. The molecule has 0 fully saturated rings. The Morgan fingerprint density at radius 1 is 1.11 bits per heavy atom. The summed E-state index contributed by atoms with van der Waals surface area (Å²) < 4.78 is 2.22. The van der Waals surface area contributed by atoms with Gasteiger partial charge in [-0.2, -0.15) is 0 Å². The number of aromatic nitrogens is 1. The molecular weight excluding hydrogens is 368 g/mol. The van der Waals surface area contributed by atoms with E-state index in [-0.39, 0.29) is 11.9 Å². The fourth-order valence-electron chi connectivity index (χ4n) is 3.42. The van der Waals surface area contributed by atoms with Gasteiger partial charge in [-0.1, -0.05) is 63.8 Å². The lowest BCUT2D eigenvalue weighted by molar-refractivity contribution is -0.135. The summed E-state index contributed by atoms with van der Waals surface area (Å²) >= 11 is 6.14. The Labute approximate surface area is 175 Å². The third-order valence-corrected chi connectivity index (χ3v) is 5.75. The van der Waals surface area contributed by atoms with Gasteiger partial charge in [-0.25, -0.2) is 0 Å². The zero-order valence-electron chi connectivity index (χ0n) is 17.8. The van der Waals surface area contributed by atoms with Gasteiger partial charge in [0.05, 0.1) is 6.54 Å². The van der Waals surface area contributed by atoms with Crippen LogP contribution < -0.4 is 0 Å². The maximum Gasteiger partial charge on any atom is 0.223 e. The van der Waals surface area contributed by atoms with Crippen molar-refractivity contribution in [3.63, 3.8) is 0 Å². The Kier molecular flexibility index (Phi) is 9.11.